The second kappa shape index (κ2) is 9.53. The number of halogens is 5. The third kappa shape index (κ3) is 5.03. The highest BCUT2D eigenvalue weighted by atomic mass is 32.1. The molecule has 0 aliphatic heterocycles. The van der Waals surface area contributed by atoms with Gasteiger partial charge in [-0.2, -0.15) is 23.4 Å². The molecule has 0 unspecified atom stereocenters. The molecule has 0 aromatic carbocycles. The van der Waals surface area contributed by atoms with Crippen LogP contribution in [0.4, 0.5) is 27.6 Å². The van der Waals surface area contributed by atoms with E-state index in [-0.39, 0.29) is 32.0 Å². The minimum atomic E-state index is -4.79. The van der Waals surface area contributed by atoms with Crippen molar-refractivity contribution in [1.29, 1.82) is 0 Å². The molecule has 4 heterocycles. The summed E-state index contributed by atoms with van der Waals surface area (Å²) in [5.41, 5.74) is 4.74. The first-order valence-corrected chi connectivity index (χ1v) is 11.6. The molecule has 0 spiro atoms. The fourth-order valence-corrected chi connectivity index (χ4v) is 4.82. The Morgan fingerprint density at radius 3 is 2.41 bits per heavy atom. The minimum absolute atomic E-state index is 0.0452. The van der Waals surface area contributed by atoms with Gasteiger partial charge < -0.3 is 11.1 Å². The molecule has 37 heavy (non-hydrogen) atoms. The summed E-state index contributed by atoms with van der Waals surface area (Å²) in [5, 5.41) is 10.6. The summed E-state index contributed by atoms with van der Waals surface area (Å²) in [4.78, 5) is 28.4. The molecule has 0 saturated carbocycles. The maximum absolute atomic E-state index is 13.7. The minimum Gasteiger partial charge on any atom is -0.365 e. The number of primary amides is 1. The lowest BCUT2D eigenvalue weighted by molar-refractivity contribution is -0.140. The third-order valence-corrected chi connectivity index (χ3v) is 6.62. The van der Waals surface area contributed by atoms with Crippen molar-refractivity contribution in [3.8, 4) is 11.1 Å². The molecule has 4 rings (SSSR count). The predicted molar refractivity (Wildman–Crippen MR) is 125 cm³/mol. The number of thiophene rings is 1. The largest absolute Gasteiger partial charge is 0.433 e. The van der Waals surface area contributed by atoms with Crippen LogP contribution >= 0.6 is 11.3 Å². The van der Waals surface area contributed by atoms with Gasteiger partial charge in [0.05, 0.1) is 11.4 Å². The van der Waals surface area contributed by atoms with E-state index in [1.54, 1.807) is 20.0 Å². The fourth-order valence-electron chi connectivity index (χ4n) is 3.81. The number of alkyl halides is 5. The summed E-state index contributed by atoms with van der Waals surface area (Å²) >= 11 is 0.600. The molecule has 0 saturated heterocycles. The van der Waals surface area contributed by atoms with E-state index in [2.05, 4.69) is 20.5 Å². The van der Waals surface area contributed by atoms with Crippen LogP contribution in [0.15, 0.2) is 18.3 Å². The molecule has 4 aromatic rings. The number of nitrogens with zero attached hydrogens (tertiary/aromatic N) is 5. The van der Waals surface area contributed by atoms with Crippen LogP contribution in [-0.4, -0.2) is 36.4 Å². The van der Waals surface area contributed by atoms with Crippen molar-refractivity contribution in [1.82, 2.24) is 24.5 Å². The third-order valence-electron chi connectivity index (χ3n) is 5.52. The molecular formula is C22H20F5N7O2S. The van der Waals surface area contributed by atoms with Crippen molar-refractivity contribution in [3.63, 3.8) is 0 Å². The second-order valence-corrected chi connectivity index (χ2v) is 9.10. The highest BCUT2D eigenvalue weighted by molar-refractivity contribution is 7.21. The van der Waals surface area contributed by atoms with E-state index in [1.165, 1.54) is 11.6 Å². The van der Waals surface area contributed by atoms with Gasteiger partial charge in [0.25, 0.3) is 12.3 Å². The molecule has 196 valence electrons. The van der Waals surface area contributed by atoms with Gasteiger partial charge in [-0.3, -0.25) is 19.0 Å². The number of nitrogens with two attached hydrogens (primary N) is 1. The van der Waals surface area contributed by atoms with Crippen LogP contribution in [-0.2, 0) is 24.1 Å². The number of pyridine rings is 1. The summed E-state index contributed by atoms with van der Waals surface area (Å²) < 4.78 is 69.6. The number of amides is 2. The van der Waals surface area contributed by atoms with E-state index in [4.69, 9.17) is 5.73 Å². The van der Waals surface area contributed by atoms with Crippen molar-refractivity contribution < 1.29 is 31.5 Å². The van der Waals surface area contributed by atoms with E-state index in [1.807, 2.05) is 0 Å². The molecule has 0 atom stereocenters. The van der Waals surface area contributed by atoms with Crippen LogP contribution in [0.5, 0.6) is 0 Å². The number of carbonyl (C=O) groups is 2. The van der Waals surface area contributed by atoms with Crippen molar-refractivity contribution in [2.24, 2.45) is 5.73 Å². The maximum atomic E-state index is 13.7. The number of rotatable bonds is 7. The number of aryl methyl sites for hydroxylation is 3. The first-order chi connectivity index (χ1) is 17.3. The number of nitrogens with one attached hydrogen (secondary N) is 1. The molecular weight excluding hydrogens is 521 g/mol. The summed E-state index contributed by atoms with van der Waals surface area (Å²) in [7, 11) is 0. The van der Waals surface area contributed by atoms with Crippen molar-refractivity contribution in [3.05, 3.63) is 46.0 Å². The maximum Gasteiger partial charge on any atom is 0.433 e. The number of carbonyl (C=O) groups excluding carboxylic acids is 2. The van der Waals surface area contributed by atoms with Crippen LogP contribution in [0.3, 0.4) is 0 Å². The van der Waals surface area contributed by atoms with E-state index in [0.29, 0.717) is 29.1 Å². The number of hydrogen-bond donors (Lipinski definition) is 2. The zero-order valence-corrected chi connectivity index (χ0v) is 20.5. The van der Waals surface area contributed by atoms with E-state index in [0.717, 1.165) is 16.8 Å². The summed E-state index contributed by atoms with van der Waals surface area (Å²) in [6, 6.07) is 1.95. The van der Waals surface area contributed by atoms with Crippen LogP contribution < -0.4 is 11.1 Å². The predicted octanol–water partition coefficient (Wildman–Crippen LogP) is 4.69. The van der Waals surface area contributed by atoms with Crippen LogP contribution in [0.25, 0.3) is 21.3 Å². The number of anilines is 1. The van der Waals surface area contributed by atoms with E-state index in [9.17, 15) is 31.5 Å². The van der Waals surface area contributed by atoms with Crippen molar-refractivity contribution in [2.75, 3.05) is 5.32 Å². The highest BCUT2D eigenvalue weighted by Gasteiger charge is 2.35. The van der Waals surface area contributed by atoms with Gasteiger partial charge in [-0.05, 0) is 38.5 Å². The molecule has 0 fully saturated rings. The number of hydrogen-bond acceptors (Lipinski definition) is 6. The average molecular weight is 542 g/mol. The molecule has 9 nitrogen and oxygen atoms in total. The zero-order valence-electron chi connectivity index (χ0n) is 19.7. The normalized spacial score (nSPS) is 12.0. The second-order valence-electron chi connectivity index (χ2n) is 8.10. The Bertz CT molecular complexity index is 1520. The molecule has 0 radical (unpaired) electrons. The zero-order chi connectivity index (χ0) is 27.2. The SMILES string of the molecule is CCn1cc(-c2cc(C(F)(F)F)nc3sc(C(N)=O)c(NC(=O)Cn4nc(C(F)F)cc4C)c23)c(C)n1. The molecule has 4 aromatic heterocycles. The lowest BCUT2D eigenvalue weighted by Gasteiger charge is -2.12. The molecule has 3 N–H and O–H groups in total. The van der Waals surface area contributed by atoms with Crippen LogP contribution in [0, 0.1) is 13.8 Å². The Labute approximate surface area is 210 Å². The lowest BCUT2D eigenvalue weighted by atomic mass is 10.0. The molecule has 0 bridgehead atoms. The number of fused-ring (bicyclic) bond motifs is 1. The van der Waals surface area contributed by atoms with Gasteiger partial charge in [-0.15, -0.1) is 11.3 Å². The van der Waals surface area contributed by atoms with Gasteiger partial charge in [-0.25, -0.2) is 13.8 Å². The molecule has 0 aliphatic carbocycles. The number of aromatic nitrogens is 5. The van der Waals surface area contributed by atoms with Gasteiger partial charge in [0.1, 0.15) is 27.6 Å². The van der Waals surface area contributed by atoms with Crippen LogP contribution in [0.2, 0.25) is 0 Å². The standard InChI is InChI=1S/C22H20F5N7O2S/c1-4-33-7-12(10(3)31-33)11-6-14(22(25,26)27)29-21-16(11)17(18(37-21)20(28)36)30-15(35)8-34-9(2)5-13(32-34)19(23)24/h5-7,19H,4,8H2,1-3H3,(H2,28,36)(H,30,35). The molecule has 15 heteroatoms. The molecule has 0 aliphatic rings. The summed E-state index contributed by atoms with van der Waals surface area (Å²) in [6.07, 6.45) is -6.08. The summed E-state index contributed by atoms with van der Waals surface area (Å²) in [6.45, 7) is 4.85. The molecule has 2 amide bonds. The van der Waals surface area contributed by atoms with Crippen LogP contribution in [0.1, 0.15) is 45.8 Å². The topological polar surface area (TPSA) is 121 Å². The quantitative estimate of drug-likeness (QED) is 0.329. The van der Waals surface area contributed by atoms with Gasteiger partial charge >= 0.3 is 6.18 Å². The first kappa shape index (κ1) is 26.2. The van der Waals surface area contributed by atoms with Gasteiger partial charge in [0, 0.05) is 29.4 Å². The van der Waals surface area contributed by atoms with Crippen molar-refractivity contribution in [2.45, 2.75) is 46.5 Å². The fraction of sp³-hybridized carbons (Fsp3) is 0.318. The Hall–Kier alpha value is -3.88. The lowest BCUT2D eigenvalue weighted by Crippen LogP contribution is -2.22. The van der Waals surface area contributed by atoms with Gasteiger partial charge in [0.15, 0.2) is 0 Å². The Morgan fingerprint density at radius 1 is 1.16 bits per heavy atom. The van der Waals surface area contributed by atoms with E-state index >= 15 is 0 Å². The van der Waals surface area contributed by atoms with Gasteiger partial charge in [0.2, 0.25) is 5.91 Å². The van der Waals surface area contributed by atoms with Crippen molar-refractivity contribution >= 4 is 39.1 Å². The first-order valence-electron chi connectivity index (χ1n) is 10.8. The Kier molecular flexibility index (Phi) is 6.75. The Balaban J connectivity index is 1.88. The monoisotopic (exact) mass is 541 g/mol. The van der Waals surface area contributed by atoms with Gasteiger partial charge in [-0.1, -0.05) is 0 Å². The smallest absolute Gasteiger partial charge is 0.365 e. The Morgan fingerprint density at radius 2 is 1.86 bits per heavy atom. The highest BCUT2D eigenvalue weighted by Crippen LogP contribution is 2.44. The average Bonchev–Trinajstić information content (AvgIpc) is 3.48. The van der Waals surface area contributed by atoms with E-state index < -0.39 is 42.3 Å². The summed E-state index contributed by atoms with van der Waals surface area (Å²) in [5.74, 6) is -1.75.